The molecule has 0 aromatic heterocycles. The van der Waals surface area contributed by atoms with Gasteiger partial charge in [0.25, 0.3) is 0 Å². The first-order chi connectivity index (χ1) is 16.9. The maximum Gasteiger partial charge on any atom is 0.407 e. The lowest BCUT2D eigenvalue weighted by Gasteiger charge is -2.19. The Morgan fingerprint density at radius 3 is 2.26 bits per heavy atom. The minimum atomic E-state index is -1.13. The van der Waals surface area contributed by atoms with Crippen LogP contribution in [0.2, 0.25) is 0 Å². The number of alkyl carbamates (subject to hydrolysis) is 1. The average Bonchev–Trinajstić information content (AvgIpc) is 3.17. The molecular formula is C27H23BrN2O5. The Balaban J connectivity index is 1.42. The standard InChI is InChI=1S/C27H23BrN2O5/c1-2-7-24(25(31)29-16-12-13-23(28)21(14-16)26(32)33)30-27(34)35-15-22-19-10-5-3-8-17(19)18-9-4-6-11-20(18)22/h2-6,8-14,22,24H,1,7,15H2,(H,29,31)(H,30,34)(H,32,33). The van der Waals surface area contributed by atoms with Gasteiger partial charge in [0.1, 0.15) is 12.6 Å². The lowest BCUT2D eigenvalue weighted by molar-refractivity contribution is -0.118. The van der Waals surface area contributed by atoms with Crippen LogP contribution >= 0.6 is 15.9 Å². The molecule has 35 heavy (non-hydrogen) atoms. The van der Waals surface area contributed by atoms with Crippen LogP contribution in [0, 0.1) is 0 Å². The molecule has 1 aliphatic carbocycles. The number of carbonyl (C=O) groups excluding carboxylic acids is 2. The maximum atomic E-state index is 12.8. The smallest absolute Gasteiger partial charge is 0.407 e. The summed E-state index contributed by atoms with van der Waals surface area (Å²) >= 11 is 3.17. The molecule has 3 aromatic rings. The van der Waals surface area contributed by atoms with Crippen molar-refractivity contribution in [3.8, 4) is 11.1 Å². The number of ether oxygens (including phenoxy) is 1. The Kier molecular flexibility index (Phi) is 7.31. The summed E-state index contributed by atoms with van der Waals surface area (Å²) in [4.78, 5) is 36.8. The van der Waals surface area contributed by atoms with Crippen molar-refractivity contribution in [1.82, 2.24) is 5.32 Å². The second-order valence-corrected chi connectivity index (χ2v) is 8.89. The van der Waals surface area contributed by atoms with E-state index in [9.17, 15) is 19.5 Å². The zero-order valence-corrected chi connectivity index (χ0v) is 20.2. The summed E-state index contributed by atoms with van der Waals surface area (Å²) < 4.78 is 5.93. The number of hydrogen-bond acceptors (Lipinski definition) is 4. The number of carboxylic acids is 1. The normalized spacial score (nSPS) is 12.7. The Morgan fingerprint density at radius 1 is 1.03 bits per heavy atom. The van der Waals surface area contributed by atoms with Gasteiger partial charge in [-0.25, -0.2) is 9.59 Å². The number of rotatable bonds is 8. The number of benzene rings is 3. The Hall–Kier alpha value is -3.91. The van der Waals surface area contributed by atoms with Gasteiger partial charge in [-0.1, -0.05) is 54.6 Å². The first-order valence-electron chi connectivity index (χ1n) is 10.9. The van der Waals surface area contributed by atoms with Crippen molar-refractivity contribution in [2.45, 2.75) is 18.4 Å². The fraction of sp³-hybridized carbons (Fsp3) is 0.148. The number of amides is 2. The quantitative estimate of drug-likeness (QED) is 0.327. The molecule has 0 saturated heterocycles. The summed E-state index contributed by atoms with van der Waals surface area (Å²) in [6.45, 7) is 3.77. The minimum Gasteiger partial charge on any atom is -0.478 e. The SMILES string of the molecule is C=CCC(NC(=O)OCC1c2ccccc2-c2ccccc21)C(=O)Nc1ccc(Br)c(C(=O)O)c1. The first-order valence-corrected chi connectivity index (χ1v) is 11.7. The van der Waals surface area contributed by atoms with Crippen LogP contribution in [0.1, 0.15) is 33.8 Å². The van der Waals surface area contributed by atoms with E-state index in [-0.39, 0.29) is 24.5 Å². The number of hydrogen-bond donors (Lipinski definition) is 3. The van der Waals surface area contributed by atoms with Crippen LogP contribution in [-0.2, 0) is 9.53 Å². The Morgan fingerprint density at radius 2 is 1.66 bits per heavy atom. The third-order valence-electron chi connectivity index (χ3n) is 5.82. The van der Waals surface area contributed by atoms with E-state index in [2.05, 4.69) is 45.3 Å². The van der Waals surface area contributed by atoms with Crippen LogP contribution in [0.4, 0.5) is 10.5 Å². The van der Waals surface area contributed by atoms with Gasteiger partial charge in [0, 0.05) is 16.1 Å². The van der Waals surface area contributed by atoms with Crippen molar-refractivity contribution in [2.24, 2.45) is 0 Å². The number of aromatic carboxylic acids is 1. The molecule has 0 radical (unpaired) electrons. The van der Waals surface area contributed by atoms with Gasteiger partial charge >= 0.3 is 12.1 Å². The summed E-state index contributed by atoms with van der Waals surface area (Å²) in [5.41, 5.74) is 4.72. The molecule has 0 bridgehead atoms. The van der Waals surface area contributed by atoms with Crippen molar-refractivity contribution in [3.05, 3.63) is 101 Å². The van der Waals surface area contributed by atoms with Gasteiger partial charge in [-0.2, -0.15) is 0 Å². The third-order valence-corrected chi connectivity index (χ3v) is 6.51. The second kappa shape index (κ2) is 10.6. The molecule has 1 atom stereocenters. The highest BCUT2D eigenvalue weighted by atomic mass is 79.9. The fourth-order valence-electron chi connectivity index (χ4n) is 4.18. The van der Waals surface area contributed by atoms with Crippen LogP contribution in [0.15, 0.2) is 83.9 Å². The highest BCUT2D eigenvalue weighted by Crippen LogP contribution is 2.44. The van der Waals surface area contributed by atoms with Gasteiger partial charge in [-0.05, 0) is 62.8 Å². The molecule has 0 heterocycles. The molecule has 2 amide bonds. The Bertz CT molecular complexity index is 1260. The van der Waals surface area contributed by atoms with E-state index in [1.165, 1.54) is 18.2 Å². The van der Waals surface area contributed by atoms with Crippen molar-refractivity contribution < 1.29 is 24.2 Å². The third kappa shape index (κ3) is 5.27. The average molecular weight is 535 g/mol. The molecule has 4 rings (SSSR count). The largest absolute Gasteiger partial charge is 0.478 e. The summed E-state index contributed by atoms with van der Waals surface area (Å²) in [6.07, 6.45) is 0.951. The fourth-order valence-corrected chi connectivity index (χ4v) is 4.59. The van der Waals surface area contributed by atoms with E-state index in [0.29, 0.717) is 10.2 Å². The van der Waals surface area contributed by atoms with E-state index >= 15 is 0 Å². The van der Waals surface area contributed by atoms with Gasteiger partial charge in [0.2, 0.25) is 5.91 Å². The molecule has 8 heteroatoms. The molecule has 0 aliphatic heterocycles. The molecule has 0 fully saturated rings. The van der Waals surface area contributed by atoms with E-state index in [0.717, 1.165) is 22.3 Å². The lowest BCUT2D eigenvalue weighted by atomic mass is 9.98. The summed E-state index contributed by atoms with van der Waals surface area (Å²) in [5.74, 6) is -1.75. The predicted molar refractivity (Wildman–Crippen MR) is 137 cm³/mol. The van der Waals surface area contributed by atoms with Crippen molar-refractivity contribution in [1.29, 1.82) is 0 Å². The van der Waals surface area contributed by atoms with Gasteiger partial charge in [0.15, 0.2) is 0 Å². The number of anilines is 1. The van der Waals surface area contributed by atoms with E-state index in [1.54, 1.807) is 6.07 Å². The van der Waals surface area contributed by atoms with Gasteiger partial charge in [-0.3, -0.25) is 4.79 Å². The van der Waals surface area contributed by atoms with Crippen LogP contribution in [0.5, 0.6) is 0 Å². The highest BCUT2D eigenvalue weighted by Gasteiger charge is 2.29. The summed E-state index contributed by atoms with van der Waals surface area (Å²) in [5, 5.41) is 14.5. The molecule has 178 valence electrons. The molecule has 1 aliphatic rings. The number of fused-ring (bicyclic) bond motifs is 3. The number of halogens is 1. The Labute approximate surface area is 210 Å². The van der Waals surface area contributed by atoms with Gasteiger partial charge < -0.3 is 20.5 Å². The monoisotopic (exact) mass is 534 g/mol. The summed E-state index contributed by atoms with van der Waals surface area (Å²) in [7, 11) is 0. The van der Waals surface area contributed by atoms with Gasteiger partial charge in [0.05, 0.1) is 5.56 Å². The maximum absolute atomic E-state index is 12.8. The molecule has 7 nitrogen and oxygen atoms in total. The number of carboxylic acid groups (broad SMARTS) is 1. The number of nitrogens with one attached hydrogen (secondary N) is 2. The number of carbonyl (C=O) groups is 3. The van der Waals surface area contributed by atoms with Crippen LogP contribution in [-0.4, -0.2) is 35.7 Å². The van der Waals surface area contributed by atoms with Crippen LogP contribution < -0.4 is 10.6 Å². The summed E-state index contributed by atoms with van der Waals surface area (Å²) in [6, 6.07) is 19.5. The molecule has 0 spiro atoms. The zero-order chi connectivity index (χ0) is 24.9. The minimum absolute atomic E-state index is 0.00701. The molecular weight excluding hydrogens is 512 g/mol. The molecule has 1 unspecified atom stereocenters. The molecule has 0 saturated carbocycles. The van der Waals surface area contributed by atoms with E-state index in [1.807, 2.05) is 36.4 Å². The second-order valence-electron chi connectivity index (χ2n) is 8.04. The van der Waals surface area contributed by atoms with E-state index < -0.39 is 24.0 Å². The topological polar surface area (TPSA) is 105 Å². The van der Waals surface area contributed by atoms with Crippen molar-refractivity contribution >= 4 is 39.6 Å². The van der Waals surface area contributed by atoms with Crippen LogP contribution in [0.3, 0.4) is 0 Å². The van der Waals surface area contributed by atoms with Crippen LogP contribution in [0.25, 0.3) is 11.1 Å². The van der Waals surface area contributed by atoms with Crippen molar-refractivity contribution in [3.63, 3.8) is 0 Å². The highest BCUT2D eigenvalue weighted by molar-refractivity contribution is 9.10. The predicted octanol–water partition coefficient (Wildman–Crippen LogP) is 5.57. The zero-order valence-electron chi connectivity index (χ0n) is 18.7. The van der Waals surface area contributed by atoms with Crippen molar-refractivity contribution in [2.75, 3.05) is 11.9 Å². The van der Waals surface area contributed by atoms with E-state index in [4.69, 9.17) is 4.74 Å². The molecule has 3 N–H and O–H groups in total. The first kappa shape index (κ1) is 24.2. The molecule has 3 aromatic carbocycles. The lowest BCUT2D eigenvalue weighted by Crippen LogP contribution is -2.44. The van der Waals surface area contributed by atoms with Gasteiger partial charge in [-0.15, -0.1) is 6.58 Å².